The van der Waals surface area contributed by atoms with Crippen LogP contribution >= 0.6 is 0 Å². The monoisotopic (exact) mass is 395 g/mol. The van der Waals surface area contributed by atoms with Crippen molar-refractivity contribution in [1.82, 2.24) is 4.90 Å². The van der Waals surface area contributed by atoms with Crippen LogP contribution in [0.15, 0.2) is 54.6 Å². The molecule has 0 bridgehead atoms. The predicted molar refractivity (Wildman–Crippen MR) is 109 cm³/mol. The topological polar surface area (TPSA) is 102 Å². The molecule has 0 unspecified atom stereocenters. The van der Waals surface area contributed by atoms with Crippen LogP contribution in [0, 0.1) is 10.1 Å². The minimum absolute atomic E-state index is 0.0376. The zero-order valence-corrected chi connectivity index (χ0v) is 15.7. The molecule has 3 rings (SSSR count). The molecule has 0 spiro atoms. The van der Waals surface area contributed by atoms with Crippen molar-refractivity contribution in [3.8, 4) is 5.75 Å². The Morgan fingerprint density at radius 1 is 1.14 bits per heavy atom. The van der Waals surface area contributed by atoms with Crippen LogP contribution in [-0.4, -0.2) is 41.3 Å². The number of likely N-dealkylation sites (tertiary alicyclic amines) is 1. The lowest BCUT2D eigenvalue weighted by Crippen LogP contribution is -2.32. The van der Waals surface area contributed by atoms with Crippen molar-refractivity contribution in [3.05, 3.63) is 70.3 Å². The number of anilines is 1. The SMILES string of the molecule is O=C(/C=C/c1cccc([N+](=O)[O-])c1)Nc1cccc(OCC(=O)N2CCCC2)c1. The fourth-order valence-electron chi connectivity index (χ4n) is 2.96. The average Bonchev–Trinajstić information content (AvgIpc) is 3.26. The highest BCUT2D eigenvalue weighted by Gasteiger charge is 2.18. The summed E-state index contributed by atoms with van der Waals surface area (Å²) in [5.41, 5.74) is 1.03. The summed E-state index contributed by atoms with van der Waals surface area (Å²) in [5, 5.41) is 13.5. The number of hydrogen-bond acceptors (Lipinski definition) is 5. The average molecular weight is 395 g/mol. The van der Waals surface area contributed by atoms with Crippen molar-refractivity contribution in [2.45, 2.75) is 12.8 Å². The van der Waals surface area contributed by atoms with Crippen molar-refractivity contribution < 1.29 is 19.2 Å². The lowest BCUT2D eigenvalue weighted by molar-refractivity contribution is -0.384. The third-order valence-corrected chi connectivity index (χ3v) is 4.43. The molecule has 8 heteroatoms. The number of nitro benzene ring substituents is 1. The first kappa shape index (κ1) is 20.1. The maximum absolute atomic E-state index is 12.1. The number of amides is 2. The van der Waals surface area contributed by atoms with Crippen molar-refractivity contribution in [2.75, 3.05) is 25.0 Å². The highest BCUT2D eigenvalue weighted by atomic mass is 16.6. The zero-order valence-electron chi connectivity index (χ0n) is 15.7. The fraction of sp³-hybridized carbons (Fsp3) is 0.238. The van der Waals surface area contributed by atoms with Crippen molar-refractivity contribution in [3.63, 3.8) is 0 Å². The second-order valence-corrected chi connectivity index (χ2v) is 6.58. The fourth-order valence-corrected chi connectivity index (χ4v) is 2.96. The zero-order chi connectivity index (χ0) is 20.6. The van der Waals surface area contributed by atoms with Gasteiger partial charge in [-0.15, -0.1) is 0 Å². The van der Waals surface area contributed by atoms with Crippen LogP contribution in [0.5, 0.6) is 5.75 Å². The standard InChI is InChI=1S/C21H21N3O5/c25-20(10-9-16-5-3-7-18(13-16)24(27)28)22-17-6-4-8-19(14-17)29-15-21(26)23-11-1-2-12-23/h3-10,13-14H,1-2,11-12,15H2,(H,22,25)/b10-9+. The van der Waals surface area contributed by atoms with E-state index in [2.05, 4.69) is 5.32 Å². The first-order valence-corrected chi connectivity index (χ1v) is 9.25. The van der Waals surface area contributed by atoms with E-state index in [4.69, 9.17) is 4.74 Å². The Labute approximate surface area is 167 Å². The molecule has 0 aliphatic carbocycles. The van der Waals surface area contributed by atoms with Gasteiger partial charge in [0, 0.05) is 43.1 Å². The summed E-state index contributed by atoms with van der Waals surface area (Å²) in [5.74, 6) is 0.0524. The molecule has 8 nitrogen and oxygen atoms in total. The minimum Gasteiger partial charge on any atom is -0.484 e. The molecule has 2 aromatic carbocycles. The van der Waals surface area contributed by atoms with Gasteiger partial charge in [0.05, 0.1) is 4.92 Å². The quantitative estimate of drug-likeness (QED) is 0.440. The number of nitrogens with one attached hydrogen (secondary N) is 1. The molecule has 29 heavy (non-hydrogen) atoms. The number of nitrogens with zero attached hydrogens (tertiary/aromatic N) is 2. The van der Waals surface area contributed by atoms with E-state index in [1.165, 1.54) is 24.3 Å². The Balaban J connectivity index is 1.55. The lowest BCUT2D eigenvalue weighted by Gasteiger charge is -2.15. The Morgan fingerprint density at radius 3 is 2.66 bits per heavy atom. The van der Waals surface area contributed by atoms with Gasteiger partial charge in [-0.2, -0.15) is 0 Å². The molecule has 2 aromatic rings. The highest BCUT2D eigenvalue weighted by molar-refractivity contribution is 6.02. The minimum atomic E-state index is -0.489. The second kappa shape index (κ2) is 9.50. The predicted octanol–water partition coefficient (Wildman–Crippen LogP) is 3.25. The lowest BCUT2D eigenvalue weighted by atomic mass is 10.2. The van der Waals surface area contributed by atoms with Gasteiger partial charge in [0.2, 0.25) is 5.91 Å². The Kier molecular flexibility index (Phi) is 6.57. The summed E-state index contributed by atoms with van der Waals surface area (Å²) in [6.07, 6.45) is 4.84. The molecule has 0 aromatic heterocycles. The number of benzene rings is 2. The molecular weight excluding hydrogens is 374 g/mol. The van der Waals surface area contributed by atoms with Crippen LogP contribution in [0.25, 0.3) is 6.08 Å². The molecule has 1 heterocycles. The van der Waals surface area contributed by atoms with E-state index in [1.54, 1.807) is 41.3 Å². The molecule has 1 N–H and O–H groups in total. The highest BCUT2D eigenvalue weighted by Crippen LogP contribution is 2.18. The summed E-state index contributed by atoms with van der Waals surface area (Å²) in [7, 11) is 0. The number of carbonyl (C=O) groups is 2. The molecule has 0 atom stereocenters. The first-order valence-electron chi connectivity index (χ1n) is 9.25. The van der Waals surface area contributed by atoms with Crippen molar-refractivity contribution >= 4 is 29.3 Å². The van der Waals surface area contributed by atoms with Gasteiger partial charge in [-0.1, -0.05) is 18.2 Å². The van der Waals surface area contributed by atoms with Gasteiger partial charge in [0.15, 0.2) is 6.61 Å². The van der Waals surface area contributed by atoms with Gasteiger partial charge in [0.25, 0.3) is 11.6 Å². The van der Waals surface area contributed by atoms with Crippen LogP contribution < -0.4 is 10.1 Å². The maximum atomic E-state index is 12.1. The normalized spacial score (nSPS) is 13.4. The third-order valence-electron chi connectivity index (χ3n) is 4.43. The smallest absolute Gasteiger partial charge is 0.270 e. The van der Waals surface area contributed by atoms with Gasteiger partial charge in [-0.25, -0.2) is 0 Å². The van der Waals surface area contributed by atoms with Crippen LogP contribution in [-0.2, 0) is 9.59 Å². The third kappa shape index (κ3) is 5.90. The van der Waals surface area contributed by atoms with Gasteiger partial charge in [-0.05, 0) is 36.6 Å². The Morgan fingerprint density at radius 2 is 1.90 bits per heavy atom. The van der Waals surface area contributed by atoms with E-state index in [0.717, 1.165) is 25.9 Å². The van der Waals surface area contributed by atoms with E-state index < -0.39 is 4.92 Å². The van der Waals surface area contributed by atoms with Crippen LogP contribution in [0.3, 0.4) is 0 Å². The van der Waals surface area contributed by atoms with Crippen molar-refractivity contribution in [2.24, 2.45) is 0 Å². The van der Waals surface area contributed by atoms with Gasteiger partial charge < -0.3 is 15.0 Å². The molecule has 0 saturated carbocycles. The molecule has 1 aliphatic heterocycles. The van der Waals surface area contributed by atoms with E-state index in [9.17, 15) is 19.7 Å². The van der Waals surface area contributed by atoms with Crippen LogP contribution in [0.2, 0.25) is 0 Å². The Hall–Kier alpha value is -3.68. The summed E-state index contributed by atoms with van der Waals surface area (Å²) < 4.78 is 5.54. The largest absolute Gasteiger partial charge is 0.484 e. The molecule has 1 saturated heterocycles. The number of carbonyl (C=O) groups excluding carboxylic acids is 2. The van der Waals surface area contributed by atoms with Gasteiger partial charge in [0.1, 0.15) is 5.75 Å². The van der Waals surface area contributed by atoms with E-state index in [-0.39, 0.29) is 24.1 Å². The number of hydrogen-bond donors (Lipinski definition) is 1. The number of rotatable bonds is 7. The van der Waals surface area contributed by atoms with E-state index >= 15 is 0 Å². The Bertz CT molecular complexity index is 935. The molecule has 1 fully saturated rings. The summed E-state index contributed by atoms with van der Waals surface area (Å²) >= 11 is 0. The van der Waals surface area contributed by atoms with E-state index in [0.29, 0.717) is 17.0 Å². The van der Waals surface area contributed by atoms with Gasteiger partial charge >= 0.3 is 0 Å². The van der Waals surface area contributed by atoms with Crippen LogP contribution in [0.4, 0.5) is 11.4 Å². The molecule has 1 aliphatic rings. The summed E-state index contributed by atoms with van der Waals surface area (Å²) in [6.45, 7) is 1.51. The van der Waals surface area contributed by atoms with E-state index in [1.807, 2.05) is 0 Å². The molecule has 150 valence electrons. The maximum Gasteiger partial charge on any atom is 0.270 e. The number of nitro groups is 1. The molecular formula is C21H21N3O5. The summed E-state index contributed by atoms with van der Waals surface area (Å²) in [4.78, 5) is 36.3. The van der Waals surface area contributed by atoms with Gasteiger partial charge in [-0.3, -0.25) is 19.7 Å². The second-order valence-electron chi connectivity index (χ2n) is 6.58. The summed E-state index contributed by atoms with van der Waals surface area (Å²) in [6, 6.07) is 12.8. The molecule has 0 radical (unpaired) electrons. The van der Waals surface area contributed by atoms with Crippen molar-refractivity contribution in [1.29, 1.82) is 0 Å². The molecule has 2 amide bonds. The van der Waals surface area contributed by atoms with Crippen LogP contribution in [0.1, 0.15) is 18.4 Å². The number of non-ortho nitro benzene ring substituents is 1. The first-order chi connectivity index (χ1) is 14.0. The number of ether oxygens (including phenoxy) is 1.